The third-order valence-electron chi connectivity index (χ3n) is 14.2. The Labute approximate surface area is 400 Å². The van der Waals surface area contributed by atoms with E-state index in [1.54, 1.807) is 36.4 Å². The van der Waals surface area contributed by atoms with Crippen LogP contribution in [0.1, 0.15) is 194 Å². The van der Waals surface area contributed by atoms with Crippen LogP contribution in [-0.4, -0.2) is 55.8 Å². The third kappa shape index (κ3) is 8.93. The molecular formula is C54H62N2O10S2. The summed E-state index contributed by atoms with van der Waals surface area (Å²) >= 11 is 0. The summed E-state index contributed by atoms with van der Waals surface area (Å²) < 4.78 is 64.3. The Morgan fingerprint density at radius 2 is 1.03 bits per heavy atom. The largest absolute Gasteiger partial charge is 0.318 e. The van der Waals surface area contributed by atoms with E-state index in [9.17, 15) is 36.0 Å². The topological polar surface area (TPSA) is 161 Å². The average Bonchev–Trinajstić information content (AvgIpc) is 3.96. The van der Waals surface area contributed by atoms with E-state index in [1.165, 1.54) is 0 Å². The predicted octanol–water partition coefficient (Wildman–Crippen LogP) is 11.7. The van der Waals surface area contributed by atoms with Gasteiger partial charge in [0, 0.05) is 10.8 Å². The number of hydroxylamine groups is 4. The Bertz CT molecular complexity index is 3010. The van der Waals surface area contributed by atoms with E-state index < -0.39 is 49.1 Å². The minimum Gasteiger partial charge on any atom is -0.266 e. The Hall–Kier alpha value is -5.28. The molecule has 4 aliphatic rings. The second-order valence-corrected chi connectivity index (χ2v) is 23.0. The van der Waals surface area contributed by atoms with Crippen molar-refractivity contribution in [3.63, 3.8) is 0 Å². The molecule has 9 rings (SSSR count). The lowest BCUT2D eigenvalue weighted by Crippen LogP contribution is -2.44. The Kier molecular flexibility index (Phi) is 13.9. The maximum absolute atomic E-state index is 13.9. The zero-order valence-corrected chi connectivity index (χ0v) is 41.9. The summed E-state index contributed by atoms with van der Waals surface area (Å²) in [7, 11) is -8.59. The molecule has 2 aliphatic heterocycles. The normalized spacial score (nSPS) is 19.1. The molecule has 2 aliphatic carbocycles. The molecule has 0 N–H and O–H groups in total. The van der Waals surface area contributed by atoms with Crippen molar-refractivity contribution < 1.29 is 44.6 Å². The minimum atomic E-state index is -4.53. The number of fused-ring (bicyclic) bond motifs is 2. The van der Waals surface area contributed by atoms with E-state index >= 15 is 0 Å². The van der Waals surface area contributed by atoms with Crippen molar-refractivity contribution >= 4 is 65.4 Å². The van der Waals surface area contributed by atoms with Gasteiger partial charge in [-0.3, -0.25) is 19.2 Å². The lowest BCUT2D eigenvalue weighted by Gasteiger charge is -2.28. The Morgan fingerprint density at radius 3 is 1.43 bits per heavy atom. The highest BCUT2D eigenvalue weighted by Crippen LogP contribution is 2.48. The number of imide groups is 2. The van der Waals surface area contributed by atoms with E-state index in [-0.39, 0.29) is 39.7 Å². The third-order valence-corrected chi connectivity index (χ3v) is 17.2. The van der Waals surface area contributed by atoms with Crippen molar-refractivity contribution in [3.05, 3.63) is 123 Å². The fourth-order valence-corrected chi connectivity index (χ4v) is 13.8. The molecule has 5 aromatic rings. The summed E-state index contributed by atoms with van der Waals surface area (Å²) in [5.41, 5.74) is 5.53. The van der Waals surface area contributed by atoms with Gasteiger partial charge >= 0.3 is 10.1 Å². The highest BCUT2D eigenvalue weighted by atomic mass is 32.2. The van der Waals surface area contributed by atoms with Crippen LogP contribution in [-0.2, 0) is 41.6 Å². The number of amides is 4. The van der Waals surface area contributed by atoms with Gasteiger partial charge in [0.2, 0.25) is 0 Å². The van der Waals surface area contributed by atoms with Gasteiger partial charge in [-0.25, -0.2) is 0 Å². The van der Waals surface area contributed by atoms with Gasteiger partial charge in [-0.05, 0) is 137 Å². The zero-order valence-electron chi connectivity index (χ0n) is 40.3. The Morgan fingerprint density at radius 1 is 0.574 bits per heavy atom. The van der Waals surface area contributed by atoms with E-state index in [0.717, 1.165) is 85.3 Å². The van der Waals surface area contributed by atoms with Crippen LogP contribution in [0.3, 0.4) is 0 Å². The fourth-order valence-electron chi connectivity index (χ4n) is 10.6. The monoisotopic (exact) mass is 962 g/mol. The zero-order chi connectivity index (χ0) is 49.0. The van der Waals surface area contributed by atoms with Crippen molar-refractivity contribution in [2.75, 3.05) is 0 Å². The van der Waals surface area contributed by atoms with Gasteiger partial charge in [-0.1, -0.05) is 123 Å². The highest BCUT2D eigenvalue weighted by molar-refractivity contribution is 7.87. The summed E-state index contributed by atoms with van der Waals surface area (Å²) in [6.07, 6.45) is 9.11. The smallest absolute Gasteiger partial charge is 0.266 e. The van der Waals surface area contributed by atoms with Gasteiger partial charge in [0.25, 0.3) is 33.7 Å². The summed E-state index contributed by atoms with van der Waals surface area (Å²) in [5.74, 6) is -2.55. The molecule has 2 heterocycles. The first-order valence-corrected chi connectivity index (χ1v) is 27.1. The number of carbonyl (C=O) groups excluding carboxylic acids is 4. The number of aryl methyl sites for hydroxylation is 2. The van der Waals surface area contributed by atoms with E-state index in [1.807, 2.05) is 64.1 Å². The number of rotatable bonds is 15. The van der Waals surface area contributed by atoms with Crippen molar-refractivity contribution in [1.82, 2.24) is 10.1 Å². The molecule has 5 aromatic carbocycles. The number of unbranched alkanes of at least 4 members (excludes halogenated alkanes) is 2. The second kappa shape index (κ2) is 19.3. The fraction of sp³-hybridized carbons (Fsp3) is 0.444. The maximum atomic E-state index is 13.9. The lowest BCUT2D eigenvalue weighted by molar-refractivity contribution is -0.0167. The van der Waals surface area contributed by atoms with Gasteiger partial charge in [0.1, 0.15) is 4.90 Å². The molecule has 2 bridgehead atoms. The molecule has 0 radical (unpaired) electrons. The predicted molar refractivity (Wildman–Crippen MR) is 262 cm³/mol. The standard InChI is InChI=1S/C31H37NO5S.C23H25NO5S/c1-8-9-11-21-14-15-25-28-23(21)12-10-13-24(28)30(33)32(31(25)34)37-38(35,36)29-26(19(4)5)16-22(18(2)3)17-27(29)20(6)7;1-2-3-5-15-10-11-19-21-17(15)6-4-7-18(21)22(25)24(23(19)26)29-30(27,28)20-13-14-8-9-16(20)12-14/h10,12-20H,8-9,11H2,1-7H3;4,6-7,10-11,14,16,20H,2-3,5,8-9,12-13H2,1H3. The van der Waals surface area contributed by atoms with Crippen LogP contribution in [0.25, 0.3) is 21.5 Å². The molecule has 0 aromatic heterocycles. The molecule has 0 spiro atoms. The molecule has 14 heteroatoms. The molecule has 2 fully saturated rings. The lowest BCUT2D eigenvalue weighted by atomic mass is 9.89. The van der Waals surface area contributed by atoms with Crippen LogP contribution < -0.4 is 0 Å². The first-order chi connectivity index (χ1) is 32.3. The molecule has 3 atom stereocenters. The van der Waals surface area contributed by atoms with Gasteiger partial charge in [-0.15, -0.1) is 18.7 Å². The number of hydrogen-bond donors (Lipinski definition) is 0. The number of benzene rings is 5. The number of carbonyl (C=O) groups is 4. The van der Waals surface area contributed by atoms with Crippen LogP contribution >= 0.6 is 0 Å². The van der Waals surface area contributed by atoms with Crippen LogP contribution in [0, 0.1) is 11.8 Å². The maximum Gasteiger partial charge on any atom is 0.318 e. The molecule has 68 heavy (non-hydrogen) atoms. The highest BCUT2D eigenvalue weighted by Gasteiger charge is 2.49. The summed E-state index contributed by atoms with van der Waals surface area (Å²) in [5, 5.41) is 3.11. The van der Waals surface area contributed by atoms with Crippen LogP contribution in [0.5, 0.6) is 0 Å². The molecule has 360 valence electrons. The van der Waals surface area contributed by atoms with Crippen molar-refractivity contribution in [3.8, 4) is 0 Å². The van der Waals surface area contributed by atoms with Crippen molar-refractivity contribution in [2.45, 2.75) is 147 Å². The van der Waals surface area contributed by atoms with Crippen LogP contribution in [0.2, 0.25) is 0 Å². The Balaban J connectivity index is 0.000000188. The number of hydrogen-bond acceptors (Lipinski definition) is 10. The van der Waals surface area contributed by atoms with E-state index in [2.05, 4.69) is 27.7 Å². The van der Waals surface area contributed by atoms with Gasteiger partial charge in [0.05, 0.1) is 27.5 Å². The van der Waals surface area contributed by atoms with Gasteiger partial charge in [0.15, 0.2) is 0 Å². The number of nitrogens with zero attached hydrogens (tertiary/aromatic N) is 2. The first-order valence-electron chi connectivity index (χ1n) is 24.2. The minimum absolute atomic E-state index is 0.0337. The van der Waals surface area contributed by atoms with Crippen molar-refractivity contribution in [2.24, 2.45) is 11.8 Å². The molecule has 0 saturated heterocycles. The molecule has 2 saturated carbocycles. The summed E-state index contributed by atoms with van der Waals surface area (Å²) in [6.45, 7) is 16.0. The van der Waals surface area contributed by atoms with Gasteiger partial charge in [-0.2, -0.15) is 16.8 Å². The van der Waals surface area contributed by atoms with Gasteiger partial charge < -0.3 is 0 Å². The average molecular weight is 963 g/mol. The van der Waals surface area contributed by atoms with E-state index in [4.69, 9.17) is 8.57 Å². The quantitative estimate of drug-likeness (QED) is 0.0923. The van der Waals surface area contributed by atoms with Crippen LogP contribution in [0.4, 0.5) is 0 Å². The van der Waals surface area contributed by atoms with Crippen molar-refractivity contribution in [1.29, 1.82) is 0 Å². The SMILES string of the molecule is CCCCc1ccc2c3c(cccc13)C(=O)N(OS(=O)(=O)C1CC3CCC1C3)C2=O.CCCCc1ccc2c3c(cccc13)C(=O)N(OS(=O)(=O)c1c(C(C)C)cc(C(C)C)cc1C(C)C)C2=O. The summed E-state index contributed by atoms with van der Waals surface area (Å²) in [4.78, 5) is 53.3. The summed E-state index contributed by atoms with van der Waals surface area (Å²) in [6, 6.07) is 21.5. The van der Waals surface area contributed by atoms with E-state index in [0.29, 0.717) is 55.5 Å². The molecule has 3 unspecified atom stereocenters. The molecule has 12 nitrogen and oxygen atoms in total. The molecular weight excluding hydrogens is 901 g/mol. The first kappa shape index (κ1) is 49.2. The second-order valence-electron chi connectivity index (χ2n) is 19.8. The van der Waals surface area contributed by atoms with Crippen LogP contribution in [0.15, 0.2) is 77.7 Å². The molecule has 4 amide bonds.